The van der Waals surface area contributed by atoms with E-state index >= 15 is 0 Å². The Hall–Kier alpha value is -2.35. The van der Waals surface area contributed by atoms with E-state index in [0.717, 1.165) is 37.3 Å². The van der Waals surface area contributed by atoms with Crippen LogP contribution < -0.4 is 10.2 Å². The maximum atomic E-state index is 12.2. The van der Waals surface area contributed by atoms with E-state index < -0.39 is 0 Å². The monoisotopic (exact) mass is 357 g/mol. The number of aromatic nitrogens is 3. The van der Waals surface area contributed by atoms with Crippen molar-refractivity contribution in [3.05, 3.63) is 30.1 Å². The molecule has 8 heteroatoms. The highest BCUT2D eigenvalue weighted by Crippen LogP contribution is 2.38. The highest BCUT2D eigenvalue weighted by molar-refractivity contribution is 7.99. The van der Waals surface area contributed by atoms with Gasteiger partial charge in [0.25, 0.3) is 0 Å². The van der Waals surface area contributed by atoms with Crippen molar-refractivity contribution in [3.63, 3.8) is 0 Å². The number of hydrogen-bond acceptors (Lipinski definition) is 5. The molecule has 1 saturated carbocycles. The highest BCUT2D eigenvalue weighted by Gasteiger charge is 2.27. The Morgan fingerprint density at radius 3 is 3.04 bits per heavy atom. The number of anilines is 2. The molecule has 0 bridgehead atoms. The lowest BCUT2D eigenvalue weighted by atomic mass is 10.2. The summed E-state index contributed by atoms with van der Waals surface area (Å²) in [7, 11) is 0. The Morgan fingerprint density at radius 2 is 2.28 bits per heavy atom. The van der Waals surface area contributed by atoms with Crippen LogP contribution in [0.15, 0.2) is 29.4 Å². The van der Waals surface area contributed by atoms with Crippen molar-refractivity contribution >= 4 is 35.0 Å². The van der Waals surface area contributed by atoms with Gasteiger partial charge >= 0.3 is 0 Å². The van der Waals surface area contributed by atoms with Crippen molar-refractivity contribution in [2.45, 2.75) is 36.8 Å². The van der Waals surface area contributed by atoms with Crippen LogP contribution in [0.5, 0.6) is 0 Å². The summed E-state index contributed by atoms with van der Waals surface area (Å²) in [5, 5.41) is 10.5. The first-order valence-corrected chi connectivity index (χ1v) is 9.43. The van der Waals surface area contributed by atoms with E-state index in [-0.39, 0.29) is 17.6 Å². The van der Waals surface area contributed by atoms with Crippen LogP contribution in [0, 0.1) is 0 Å². The zero-order valence-corrected chi connectivity index (χ0v) is 14.5. The first kappa shape index (κ1) is 16.1. The molecular formula is C17H19N5O2S. The van der Waals surface area contributed by atoms with E-state index in [0.29, 0.717) is 23.2 Å². The van der Waals surface area contributed by atoms with Gasteiger partial charge in [0.1, 0.15) is 5.82 Å². The van der Waals surface area contributed by atoms with Gasteiger partial charge in [-0.05, 0) is 37.5 Å². The summed E-state index contributed by atoms with van der Waals surface area (Å²) in [4.78, 5) is 30.2. The first-order chi connectivity index (χ1) is 12.2. The van der Waals surface area contributed by atoms with Crippen molar-refractivity contribution in [2.24, 2.45) is 0 Å². The number of carbonyl (C=O) groups excluding carboxylic acids is 2. The van der Waals surface area contributed by atoms with Gasteiger partial charge in [-0.15, -0.1) is 5.10 Å². The molecule has 1 aromatic heterocycles. The van der Waals surface area contributed by atoms with E-state index in [4.69, 9.17) is 0 Å². The molecule has 0 radical (unpaired) electrons. The van der Waals surface area contributed by atoms with E-state index in [1.54, 1.807) is 4.90 Å². The van der Waals surface area contributed by atoms with Gasteiger partial charge in [-0.3, -0.25) is 14.7 Å². The molecule has 2 amide bonds. The van der Waals surface area contributed by atoms with Crippen LogP contribution in [-0.2, 0) is 9.59 Å². The van der Waals surface area contributed by atoms with Crippen molar-refractivity contribution < 1.29 is 9.59 Å². The van der Waals surface area contributed by atoms with Gasteiger partial charge in [-0.1, -0.05) is 17.8 Å². The van der Waals surface area contributed by atoms with E-state index in [1.807, 2.05) is 24.3 Å². The van der Waals surface area contributed by atoms with Crippen molar-refractivity contribution in [1.82, 2.24) is 15.2 Å². The van der Waals surface area contributed by atoms with Gasteiger partial charge in [0, 0.05) is 30.3 Å². The summed E-state index contributed by atoms with van der Waals surface area (Å²) in [5.41, 5.74) is 1.52. The number of H-pyrrole nitrogens is 1. The van der Waals surface area contributed by atoms with Gasteiger partial charge < -0.3 is 10.2 Å². The summed E-state index contributed by atoms with van der Waals surface area (Å²) in [6, 6.07) is 7.40. The molecule has 130 valence electrons. The topological polar surface area (TPSA) is 91.0 Å². The second-order valence-electron chi connectivity index (χ2n) is 6.31. The number of rotatable bonds is 6. The number of nitrogens with one attached hydrogen (secondary N) is 2. The summed E-state index contributed by atoms with van der Waals surface area (Å²) in [6.45, 7) is 0.736. The number of thioether (sulfide) groups is 1. The third-order valence-electron chi connectivity index (χ3n) is 4.29. The summed E-state index contributed by atoms with van der Waals surface area (Å²) < 4.78 is 0. The molecule has 4 rings (SSSR count). The largest absolute Gasteiger partial charge is 0.325 e. The first-order valence-electron chi connectivity index (χ1n) is 8.44. The fraction of sp³-hybridized carbons (Fsp3) is 0.412. The van der Waals surface area contributed by atoms with Crippen LogP contribution in [0.4, 0.5) is 11.4 Å². The quantitative estimate of drug-likeness (QED) is 0.775. The Labute approximate surface area is 149 Å². The van der Waals surface area contributed by atoms with E-state index in [1.165, 1.54) is 11.8 Å². The number of benzene rings is 1. The second-order valence-corrected chi connectivity index (χ2v) is 7.26. The van der Waals surface area contributed by atoms with Crippen molar-refractivity contribution in [1.29, 1.82) is 0 Å². The average Bonchev–Trinajstić information content (AvgIpc) is 3.19. The number of aromatic amines is 1. The zero-order valence-electron chi connectivity index (χ0n) is 13.7. The molecule has 1 saturated heterocycles. The number of nitrogens with zero attached hydrogens (tertiary/aromatic N) is 3. The minimum absolute atomic E-state index is 0.118. The number of carbonyl (C=O) groups is 2. The summed E-state index contributed by atoms with van der Waals surface area (Å²) in [6.07, 6.45) is 3.80. The predicted molar refractivity (Wildman–Crippen MR) is 95.7 cm³/mol. The molecule has 2 N–H and O–H groups in total. The normalized spacial score (nSPS) is 17.1. The Kier molecular flexibility index (Phi) is 4.44. The van der Waals surface area contributed by atoms with Crippen molar-refractivity contribution in [3.8, 4) is 0 Å². The lowest BCUT2D eigenvalue weighted by molar-refractivity contribution is -0.117. The van der Waals surface area contributed by atoms with Crippen molar-refractivity contribution in [2.75, 3.05) is 22.5 Å². The molecule has 7 nitrogen and oxygen atoms in total. The van der Waals surface area contributed by atoms with E-state index in [9.17, 15) is 9.59 Å². The SMILES string of the molecule is O=C(CSc1n[nH]c(C2CC2)n1)Nc1cccc(N2CCCC2=O)c1. The fourth-order valence-corrected chi connectivity index (χ4v) is 3.47. The zero-order chi connectivity index (χ0) is 17.2. The maximum Gasteiger partial charge on any atom is 0.234 e. The number of hydrogen-bond donors (Lipinski definition) is 2. The molecule has 1 aliphatic carbocycles. The van der Waals surface area contributed by atoms with Gasteiger partial charge in [-0.25, -0.2) is 4.98 Å². The van der Waals surface area contributed by atoms with Crippen LogP contribution in [0.1, 0.15) is 37.4 Å². The lowest BCUT2D eigenvalue weighted by Crippen LogP contribution is -2.23. The smallest absolute Gasteiger partial charge is 0.234 e. The Morgan fingerprint density at radius 1 is 1.40 bits per heavy atom. The molecular weight excluding hydrogens is 338 g/mol. The standard InChI is InChI=1S/C17H19N5O2S/c23-14(10-25-17-19-16(20-21-17)11-6-7-11)18-12-3-1-4-13(9-12)22-8-2-5-15(22)24/h1,3-4,9,11H,2,5-8,10H2,(H,18,23)(H,19,20,21). The molecule has 0 spiro atoms. The predicted octanol–water partition coefficient (Wildman–Crippen LogP) is 2.54. The number of amides is 2. The van der Waals surface area contributed by atoms with Gasteiger partial charge in [-0.2, -0.15) is 0 Å². The Balaban J connectivity index is 1.33. The third-order valence-corrected chi connectivity index (χ3v) is 5.14. The Bertz CT molecular complexity index is 802. The molecule has 2 fully saturated rings. The van der Waals surface area contributed by atoms with Gasteiger partial charge in [0.05, 0.1) is 5.75 Å². The lowest BCUT2D eigenvalue weighted by Gasteiger charge is -2.16. The molecule has 25 heavy (non-hydrogen) atoms. The molecule has 2 aromatic rings. The highest BCUT2D eigenvalue weighted by atomic mass is 32.2. The van der Waals surface area contributed by atoms with Gasteiger partial charge in [0.2, 0.25) is 17.0 Å². The van der Waals surface area contributed by atoms with Crippen LogP contribution in [0.3, 0.4) is 0 Å². The van der Waals surface area contributed by atoms with Crippen LogP contribution in [0.2, 0.25) is 0 Å². The molecule has 1 aromatic carbocycles. The van der Waals surface area contributed by atoms with Gasteiger partial charge in [0.15, 0.2) is 0 Å². The molecule has 0 atom stereocenters. The molecule has 2 aliphatic rings. The van der Waals surface area contributed by atoms with Crippen LogP contribution in [-0.4, -0.2) is 39.3 Å². The third kappa shape index (κ3) is 3.84. The van der Waals surface area contributed by atoms with E-state index in [2.05, 4.69) is 20.5 Å². The van der Waals surface area contributed by atoms with Crippen LogP contribution in [0.25, 0.3) is 0 Å². The minimum Gasteiger partial charge on any atom is -0.325 e. The molecule has 1 aliphatic heterocycles. The minimum atomic E-state index is -0.118. The molecule has 0 unspecified atom stereocenters. The molecule has 2 heterocycles. The fourth-order valence-electron chi connectivity index (χ4n) is 2.86. The summed E-state index contributed by atoms with van der Waals surface area (Å²) in [5.74, 6) is 1.70. The van der Waals surface area contributed by atoms with Crippen LogP contribution >= 0.6 is 11.8 Å². The summed E-state index contributed by atoms with van der Waals surface area (Å²) >= 11 is 1.31. The second kappa shape index (κ2) is 6.87. The maximum absolute atomic E-state index is 12.2. The average molecular weight is 357 g/mol.